The fourth-order valence-corrected chi connectivity index (χ4v) is 8.22. The molecule has 1 saturated carbocycles. The molecule has 5 rings (SSSR count). The molecule has 0 spiro atoms. The van der Waals surface area contributed by atoms with E-state index >= 15 is 0 Å². The van der Waals surface area contributed by atoms with Crippen LogP contribution >= 0.6 is 0 Å². The van der Waals surface area contributed by atoms with Crippen LogP contribution in [-0.4, -0.2) is 62.3 Å². The molecular formula is C35H46N2O6S. The summed E-state index contributed by atoms with van der Waals surface area (Å²) in [4.78, 5) is 26.8. The monoisotopic (exact) mass is 622 g/mol. The van der Waals surface area contributed by atoms with Gasteiger partial charge in [0.1, 0.15) is 6.10 Å². The second-order valence-electron chi connectivity index (χ2n) is 12.6. The maximum absolute atomic E-state index is 13.8. The summed E-state index contributed by atoms with van der Waals surface area (Å²) in [5.74, 6) is 0.413. The molecule has 238 valence electrons. The second-order valence-corrected chi connectivity index (χ2v) is 14.2. The van der Waals surface area contributed by atoms with E-state index < -0.39 is 47.1 Å². The zero-order chi connectivity index (χ0) is 30.9. The Morgan fingerprint density at radius 1 is 1.02 bits per heavy atom. The van der Waals surface area contributed by atoms with Crippen LogP contribution in [0.1, 0.15) is 80.5 Å². The molecule has 2 aliphatic carbocycles. The Kier molecular flexibility index (Phi) is 11.6. The number of fused-ring (bicyclic) bond motifs is 1. The Balaban J connectivity index is 1.30. The molecule has 44 heavy (non-hydrogen) atoms. The predicted octanol–water partition coefficient (Wildman–Crippen LogP) is 4.82. The number of rotatable bonds is 12. The highest BCUT2D eigenvalue weighted by atomic mass is 32.2. The van der Waals surface area contributed by atoms with E-state index in [0.29, 0.717) is 43.1 Å². The molecule has 1 aliphatic heterocycles. The third-order valence-corrected chi connectivity index (χ3v) is 10.8. The number of allylic oxidation sites excluding steroid dienone is 1. The highest BCUT2D eigenvalue weighted by Crippen LogP contribution is 2.33. The summed E-state index contributed by atoms with van der Waals surface area (Å²) in [6, 6.07) is 16.5. The summed E-state index contributed by atoms with van der Waals surface area (Å²) < 4.78 is 17.4. The van der Waals surface area contributed by atoms with Crippen molar-refractivity contribution in [3.8, 4) is 0 Å². The molecule has 2 aromatic carbocycles. The number of aliphatic hydroxyl groups excluding tert-OH is 2. The van der Waals surface area contributed by atoms with E-state index in [1.807, 2.05) is 66.7 Å². The molecular weight excluding hydrogens is 576 g/mol. The second kappa shape index (κ2) is 15.8. The van der Waals surface area contributed by atoms with Crippen molar-refractivity contribution in [2.45, 2.75) is 94.6 Å². The maximum atomic E-state index is 13.8. The number of benzene rings is 2. The number of alkyl carbamates (subject to hydrolysis) is 1. The van der Waals surface area contributed by atoms with Gasteiger partial charge >= 0.3 is 6.09 Å². The van der Waals surface area contributed by atoms with Crippen LogP contribution in [0.5, 0.6) is 0 Å². The number of hydrogen-bond acceptors (Lipinski definition) is 6. The van der Waals surface area contributed by atoms with Crippen LogP contribution in [0, 0.1) is 11.8 Å². The summed E-state index contributed by atoms with van der Waals surface area (Å²) in [6.07, 6.45) is 8.95. The van der Waals surface area contributed by atoms with Gasteiger partial charge in [-0.3, -0.25) is 9.00 Å². The minimum Gasteiger partial charge on any atom is -0.445 e. The topological polar surface area (TPSA) is 125 Å². The van der Waals surface area contributed by atoms with E-state index in [4.69, 9.17) is 4.74 Å². The lowest BCUT2D eigenvalue weighted by atomic mass is 9.82. The van der Waals surface area contributed by atoms with Crippen molar-refractivity contribution in [1.29, 1.82) is 0 Å². The standard InChI is InChI=1S/C35H46N2O6S/c38-31(30(20-25-12-5-2-6-13-25)36-35(41)43-28-18-19-44(42)23-28)22-27(16-9-14-24-10-3-1-4-11-24)34(40)37-33-29-17-8-7-15-26(29)21-32(33)39/h1,3-4,7-11,14-15,17,25,27-28,30-33,38-39H,2,5-6,12-13,16,18-23H2,(H,36,41)(H,37,40)/t27-,28-,30+,31+,32-,33+,44+/m1/s1. The first-order chi connectivity index (χ1) is 21.4. The molecule has 7 atom stereocenters. The van der Waals surface area contributed by atoms with Crippen LogP contribution in [0.3, 0.4) is 0 Å². The molecule has 0 bridgehead atoms. The van der Waals surface area contributed by atoms with Crippen LogP contribution < -0.4 is 10.6 Å². The van der Waals surface area contributed by atoms with Crippen molar-refractivity contribution >= 4 is 28.9 Å². The summed E-state index contributed by atoms with van der Waals surface area (Å²) in [5.41, 5.74) is 2.95. The van der Waals surface area contributed by atoms with E-state index in [1.54, 1.807) is 0 Å². The molecule has 4 N–H and O–H groups in total. The van der Waals surface area contributed by atoms with Crippen LogP contribution in [-0.2, 0) is 26.8 Å². The van der Waals surface area contributed by atoms with Crippen molar-refractivity contribution in [3.63, 3.8) is 0 Å². The van der Waals surface area contributed by atoms with Gasteiger partial charge in [0.15, 0.2) is 0 Å². The lowest BCUT2D eigenvalue weighted by Gasteiger charge is -2.32. The molecule has 9 heteroatoms. The quantitative estimate of drug-likeness (QED) is 0.269. The Hall–Kier alpha value is -3.01. The van der Waals surface area contributed by atoms with Gasteiger partial charge in [0, 0.05) is 28.9 Å². The minimum atomic E-state index is -0.983. The molecule has 8 nitrogen and oxygen atoms in total. The molecule has 0 unspecified atom stereocenters. The first-order valence-corrected chi connectivity index (χ1v) is 17.6. The van der Waals surface area contributed by atoms with E-state index in [1.165, 1.54) is 6.42 Å². The van der Waals surface area contributed by atoms with Gasteiger partial charge < -0.3 is 25.6 Å². The Morgan fingerprint density at radius 2 is 1.77 bits per heavy atom. The third-order valence-electron chi connectivity index (χ3n) is 9.32. The Morgan fingerprint density at radius 3 is 2.52 bits per heavy atom. The molecule has 2 amide bonds. The van der Waals surface area contributed by atoms with Crippen LogP contribution in [0.25, 0.3) is 6.08 Å². The molecule has 2 fully saturated rings. The average Bonchev–Trinajstić information content (AvgIpc) is 3.58. The highest BCUT2D eigenvalue weighted by molar-refractivity contribution is 7.85. The number of nitrogens with one attached hydrogen (secondary N) is 2. The maximum Gasteiger partial charge on any atom is 0.407 e. The zero-order valence-electron chi connectivity index (χ0n) is 25.3. The van der Waals surface area contributed by atoms with Gasteiger partial charge in [0.2, 0.25) is 5.91 Å². The number of ether oxygens (including phenoxy) is 1. The van der Waals surface area contributed by atoms with E-state index in [0.717, 1.165) is 42.4 Å². The minimum absolute atomic E-state index is 0.139. The first kappa shape index (κ1) is 32.4. The summed E-state index contributed by atoms with van der Waals surface area (Å²) in [6.45, 7) is 0. The summed E-state index contributed by atoms with van der Waals surface area (Å²) >= 11 is 0. The zero-order valence-corrected chi connectivity index (χ0v) is 26.1. The lowest BCUT2D eigenvalue weighted by Crippen LogP contribution is -2.47. The number of hydrogen-bond donors (Lipinski definition) is 4. The van der Waals surface area contributed by atoms with Gasteiger partial charge in [-0.15, -0.1) is 0 Å². The fourth-order valence-electron chi connectivity index (χ4n) is 6.88. The molecule has 1 heterocycles. The van der Waals surface area contributed by atoms with Crippen molar-refractivity contribution in [2.75, 3.05) is 11.5 Å². The van der Waals surface area contributed by atoms with Crippen molar-refractivity contribution < 1.29 is 28.7 Å². The smallest absolute Gasteiger partial charge is 0.407 e. The lowest BCUT2D eigenvalue weighted by molar-refractivity contribution is -0.127. The van der Waals surface area contributed by atoms with E-state index in [-0.39, 0.29) is 18.4 Å². The highest BCUT2D eigenvalue weighted by Gasteiger charge is 2.36. The first-order valence-electron chi connectivity index (χ1n) is 16.1. The van der Waals surface area contributed by atoms with E-state index in [9.17, 15) is 24.0 Å². The van der Waals surface area contributed by atoms with Gasteiger partial charge in [-0.2, -0.15) is 0 Å². The normalized spacial score (nSPS) is 25.7. The Bertz CT molecular complexity index is 1300. The Labute approximate surface area is 263 Å². The van der Waals surface area contributed by atoms with Gasteiger partial charge in [0.05, 0.1) is 30.0 Å². The van der Waals surface area contributed by atoms with Crippen LogP contribution in [0.2, 0.25) is 0 Å². The number of amides is 2. The predicted molar refractivity (Wildman–Crippen MR) is 172 cm³/mol. The van der Waals surface area contributed by atoms with E-state index in [2.05, 4.69) is 10.6 Å². The van der Waals surface area contributed by atoms with Crippen molar-refractivity contribution in [3.05, 3.63) is 77.4 Å². The van der Waals surface area contributed by atoms with Crippen molar-refractivity contribution in [2.24, 2.45) is 11.8 Å². The molecule has 0 aromatic heterocycles. The SMILES string of the molecule is O=C(N[C@@H](CC1CCCCC1)[C@@H](O)C[C@@H](CC=Cc1ccccc1)C(=O)N[C@H]1c2ccccc2C[C@H]1O)O[C@@H]1CC[S@](=O)C1. The largest absolute Gasteiger partial charge is 0.445 e. The molecule has 3 aliphatic rings. The van der Waals surface area contributed by atoms with Gasteiger partial charge in [-0.25, -0.2) is 4.79 Å². The summed E-state index contributed by atoms with van der Waals surface area (Å²) in [5, 5.41) is 28.4. The van der Waals surface area contributed by atoms with Gasteiger partial charge in [-0.1, -0.05) is 98.9 Å². The number of aliphatic hydroxyl groups is 2. The molecule has 1 saturated heterocycles. The molecule has 2 aromatic rings. The average molecular weight is 623 g/mol. The van der Waals surface area contributed by atoms with Crippen molar-refractivity contribution in [1.82, 2.24) is 10.6 Å². The van der Waals surface area contributed by atoms with Gasteiger partial charge in [-0.05, 0) is 48.3 Å². The fraction of sp³-hybridized carbons (Fsp3) is 0.543. The third kappa shape index (κ3) is 9.02. The number of carbonyl (C=O) groups is 2. The van der Waals surface area contributed by atoms with Crippen LogP contribution in [0.4, 0.5) is 4.79 Å². The van der Waals surface area contributed by atoms with Crippen LogP contribution in [0.15, 0.2) is 60.7 Å². The summed E-state index contributed by atoms with van der Waals surface area (Å²) in [7, 11) is -0.969. The molecule has 0 radical (unpaired) electrons. The number of carbonyl (C=O) groups excluding carboxylic acids is 2. The van der Waals surface area contributed by atoms with Gasteiger partial charge in [0.25, 0.3) is 0 Å².